The first-order valence-corrected chi connectivity index (χ1v) is 4.99. The van der Waals surface area contributed by atoms with Gasteiger partial charge >= 0.3 is 0 Å². The molecule has 0 spiro atoms. The lowest BCUT2D eigenvalue weighted by molar-refractivity contribution is -0.0299. The van der Waals surface area contributed by atoms with Gasteiger partial charge in [-0.25, -0.2) is 4.39 Å². The number of halogens is 1. The van der Waals surface area contributed by atoms with Gasteiger partial charge < -0.3 is 14.8 Å². The van der Waals surface area contributed by atoms with Crippen molar-refractivity contribution in [2.45, 2.75) is 13.2 Å². The third-order valence-corrected chi connectivity index (χ3v) is 2.35. The van der Waals surface area contributed by atoms with Crippen LogP contribution in [-0.2, 0) is 9.47 Å². The van der Waals surface area contributed by atoms with E-state index < -0.39 is 0 Å². The summed E-state index contributed by atoms with van der Waals surface area (Å²) in [5.74, 6) is -0.239. The first-order chi connectivity index (χ1) is 7.25. The van der Waals surface area contributed by atoms with Crippen molar-refractivity contribution in [3.8, 4) is 0 Å². The second-order valence-electron chi connectivity index (χ2n) is 3.51. The maximum Gasteiger partial charge on any atom is 0.174 e. The molecule has 82 valence electrons. The van der Waals surface area contributed by atoms with E-state index in [0.717, 1.165) is 11.3 Å². The zero-order chi connectivity index (χ0) is 10.7. The zero-order valence-electron chi connectivity index (χ0n) is 8.63. The van der Waals surface area contributed by atoms with Crippen molar-refractivity contribution in [1.82, 2.24) is 0 Å². The Balaban J connectivity index is 1.94. The highest BCUT2D eigenvalue weighted by Gasteiger charge is 2.15. The van der Waals surface area contributed by atoms with Crippen molar-refractivity contribution in [2.24, 2.45) is 0 Å². The van der Waals surface area contributed by atoms with Crippen LogP contribution in [0.1, 0.15) is 5.56 Å². The lowest BCUT2D eigenvalue weighted by atomic mass is 10.2. The van der Waals surface area contributed by atoms with Gasteiger partial charge in [0.2, 0.25) is 0 Å². The van der Waals surface area contributed by atoms with Crippen LogP contribution in [0.15, 0.2) is 18.2 Å². The zero-order valence-corrected chi connectivity index (χ0v) is 8.63. The van der Waals surface area contributed by atoms with Crippen molar-refractivity contribution in [1.29, 1.82) is 0 Å². The monoisotopic (exact) mass is 211 g/mol. The van der Waals surface area contributed by atoms with Crippen LogP contribution in [-0.4, -0.2) is 26.0 Å². The quantitative estimate of drug-likeness (QED) is 0.828. The van der Waals surface area contributed by atoms with E-state index in [2.05, 4.69) is 5.32 Å². The summed E-state index contributed by atoms with van der Waals surface area (Å²) in [7, 11) is 0. The van der Waals surface area contributed by atoms with Crippen LogP contribution in [0.4, 0.5) is 10.1 Å². The summed E-state index contributed by atoms with van der Waals surface area (Å²) in [6, 6.07) is 4.67. The summed E-state index contributed by atoms with van der Waals surface area (Å²) in [6.07, 6.45) is -0.215. The normalized spacial score (nSPS) is 16.9. The second kappa shape index (κ2) is 4.59. The minimum atomic E-state index is -0.239. The molecule has 1 saturated heterocycles. The molecule has 1 aliphatic rings. The van der Waals surface area contributed by atoms with Gasteiger partial charge in [0.25, 0.3) is 0 Å². The standard InChI is InChI=1S/C11H14FNO2/c1-8-2-3-9(12)6-10(8)13-7-11-14-4-5-15-11/h2-3,6,11,13H,4-5,7H2,1H3. The van der Waals surface area contributed by atoms with Gasteiger partial charge in [0.05, 0.1) is 19.8 Å². The lowest BCUT2D eigenvalue weighted by Gasteiger charge is -2.13. The predicted molar refractivity (Wildman–Crippen MR) is 55.3 cm³/mol. The highest BCUT2D eigenvalue weighted by Crippen LogP contribution is 2.16. The summed E-state index contributed by atoms with van der Waals surface area (Å²) < 4.78 is 23.5. The summed E-state index contributed by atoms with van der Waals surface area (Å²) in [6.45, 7) is 3.74. The molecule has 0 aliphatic carbocycles. The van der Waals surface area contributed by atoms with Gasteiger partial charge in [-0.05, 0) is 24.6 Å². The number of rotatable bonds is 3. The van der Waals surface area contributed by atoms with Crippen LogP contribution < -0.4 is 5.32 Å². The molecule has 0 unspecified atom stereocenters. The molecule has 1 fully saturated rings. The first kappa shape index (κ1) is 10.4. The van der Waals surface area contributed by atoms with E-state index in [-0.39, 0.29) is 12.1 Å². The van der Waals surface area contributed by atoms with E-state index in [9.17, 15) is 4.39 Å². The molecule has 0 radical (unpaired) electrons. The van der Waals surface area contributed by atoms with Crippen molar-refractivity contribution >= 4 is 5.69 Å². The number of nitrogens with one attached hydrogen (secondary N) is 1. The summed E-state index contributed by atoms with van der Waals surface area (Å²) in [5.41, 5.74) is 1.79. The third-order valence-electron chi connectivity index (χ3n) is 2.35. The summed E-state index contributed by atoms with van der Waals surface area (Å²) in [5, 5.41) is 3.11. The van der Waals surface area contributed by atoms with Gasteiger partial charge in [0.1, 0.15) is 5.82 Å². The summed E-state index contributed by atoms with van der Waals surface area (Å²) >= 11 is 0. The van der Waals surface area contributed by atoms with E-state index in [4.69, 9.17) is 9.47 Å². The van der Waals surface area contributed by atoms with E-state index in [0.29, 0.717) is 19.8 Å². The fraction of sp³-hybridized carbons (Fsp3) is 0.455. The number of hydrogen-bond donors (Lipinski definition) is 1. The maximum absolute atomic E-state index is 12.9. The van der Waals surface area contributed by atoms with Crippen molar-refractivity contribution in [3.05, 3.63) is 29.6 Å². The Labute approximate surface area is 88.2 Å². The van der Waals surface area contributed by atoms with E-state index in [1.165, 1.54) is 12.1 Å². The molecule has 1 aromatic carbocycles. The molecule has 0 atom stereocenters. The molecule has 0 saturated carbocycles. The molecule has 2 rings (SSSR count). The predicted octanol–water partition coefficient (Wildman–Crippen LogP) is 1.92. The SMILES string of the molecule is Cc1ccc(F)cc1NCC1OCCO1. The molecule has 3 nitrogen and oxygen atoms in total. The molecule has 1 aliphatic heterocycles. The number of benzene rings is 1. The minimum absolute atomic E-state index is 0.215. The Kier molecular flexibility index (Phi) is 3.18. The molecule has 0 amide bonds. The number of hydrogen-bond acceptors (Lipinski definition) is 3. The third kappa shape index (κ3) is 2.67. The molecular weight excluding hydrogens is 197 g/mol. The van der Waals surface area contributed by atoms with E-state index in [1.807, 2.05) is 6.92 Å². The first-order valence-electron chi connectivity index (χ1n) is 4.99. The molecular formula is C11H14FNO2. The molecule has 1 N–H and O–H groups in total. The average molecular weight is 211 g/mol. The Bertz CT molecular complexity index is 337. The largest absolute Gasteiger partial charge is 0.380 e. The van der Waals surface area contributed by atoms with Gasteiger partial charge in [-0.1, -0.05) is 6.07 Å². The maximum atomic E-state index is 12.9. The van der Waals surface area contributed by atoms with Crippen LogP contribution >= 0.6 is 0 Å². The van der Waals surface area contributed by atoms with Crippen LogP contribution in [0, 0.1) is 12.7 Å². The molecule has 4 heteroatoms. The minimum Gasteiger partial charge on any atom is -0.380 e. The number of ether oxygens (including phenoxy) is 2. The molecule has 15 heavy (non-hydrogen) atoms. The summed E-state index contributed by atoms with van der Waals surface area (Å²) in [4.78, 5) is 0. The Morgan fingerprint density at radius 1 is 1.40 bits per heavy atom. The van der Waals surface area contributed by atoms with Crippen LogP contribution in [0.5, 0.6) is 0 Å². The Morgan fingerprint density at radius 2 is 2.13 bits per heavy atom. The van der Waals surface area contributed by atoms with Gasteiger partial charge in [-0.2, -0.15) is 0 Å². The van der Waals surface area contributed by atoms with Gasteiger partial charge in [0, 0.05) is 5.69 Å². The van der Waals surface area contributed by atoms with Crippen LogP contribution in [0.2, 0.25) is 0 Å². The van der Waals surface area contributed by atoms with Gasteiger partial charge in [-0.3, -0.25) is 0 Å². The Hall–Kier alpha value is -1.13. The molecule has 0 bridgehead atoms. The highest BCUT2D eigenvalue weighted by molar-refractivity contribution is 5.50. The van der Waals surface area contributed by atoms with Crippen LogP contribution in [0.25, 0.3) is 0 Å². The lowest BCUT2D eigenvalue weighted by Crippen LogP contribution is -2.20. The van der Waals surface area contributed by atoms with Crippen molar-refractivity contribution < 1.29 is 13.9 Å². The molecule has 1 aromatic rings. The molecule has 1 heterocycles. The van der Waals surface area contributed by atoms with Crippen LogP contribution in [0.3, 0.4) is 0 Å². The highest BCUT2D eigenvalue weighted by atomic mass is 19.1. The van der Waals surface area contributed by atoms with Crippen molar-refractivity contribution in [3.63, 3.8) is 0 Å². The average Bonchev–Trinajstić information content (AvgIpc) is 2.72. The Morgan fingerprint density at radius 3 is 2.87 bits per heavy atom. The number of aryl methyl sites for hydroxylation is 1. The fourth-order valence-electron chi connectivity index (χ4n) is 1.50. The fourth-order valence-corrected chi connectivity index (χ4v) is 1.50. The topological polar surface area (TPSA) is 30.5 Å². The van der Waals surface area contributed by atoms with E-state index in [1.54, 1.807) is 6.07 Å². The smallest absolute Gasteiger partial charge is 0.174 e. The molecule has 0 aromatic heterocycles. The van der Waals surface area contributed by atoms with Gasteiger partial charge in [-0.15, -0.1) is 0 Å². The van der Waals surface area contributed by atoms with Crippen molar-refractivity contribution in [2.75, 3.05) is 25.1 Å². The second-order valence-corrected chi connectivity index (χ2v) is 3.51. The number of anilines is 1. The van der Waals surface area contributed by atoms with E-state index >= 15 is 0 Å². The van der Waals surface area contributed by atoms with Gasteiger partial charge in [0.15, 0.2) is 6.29 Å².